The third-order valence-electron chi connectivity index (χ3n) is 6.50. The Balaban J connectivity index is 1.77. The van der Waals surface area contributed by atoms with Crippen LogP contribution in [-0.4, -0.2) is 53.3 Å². The Morgan fingerprint density at radius 3 is 2.54 bits per heavy atom. The number of carbonyl (C=O) groups is 2. The molecule has 2 fully saturated rings. The molecule has 3 atom stereocenters. The van der Waals surface area contributed by atoms with E-state index in [1.54, 1.807) is 18.9 Å². The van der Waals surface area contributed by atoms with Crippen LogP contribution < -0.4 is 4.74 Å². The van der Waals surface area contributed by atoms with Crippen molar-refractivity contribution in [1.82, 2.24) is 4.90 Å². The highest BCUT2D eigenvalue weighted by Gasteiger charge is 2.73. The number of amides is 1. The molecule has 3 unspecified atom stereocenters. The molecule has 0 radical (unpaired) electrons. The first-order chi connectivity index (χ1) is 13.4. The Hall–Kier alpha value is -2.54. The molecule has 4 rings (SSSR count). The van der Waals surface area contributed by atoms with Crippen LogP contribution in [0.3, 0.4) is 0 Å². The summed E-state index contributed by atoms with van der Waals surface area (Å²) >= 11 is 0. The lowest BCUT2D eigenvalue weighted by Gasteiger charge is -2.47. The summed E-state index contributed by atoms with van der Waals surface area (Å²) in [5.74, 6) is 0.571. The highest BCUT2D eigenvalue weighted by molar-refractivity contribution is 5.93. The fourth-order valence-corrected chi connectivity index (χ4v) is 5.17. The first-order valence-corrected chi connectivity index (χ1v) is 9.50. The summed E-state index contributed by atoms with van der Waals surface area (Å²) in [4.78, 5) is 27.1. The second kappa shape index (κ2) is 6.51. The van der Waals surface area contributed by atoms with Gasteiger partial charge in [-0.25, -0.2) is 4.79 Å². The molecular formula is C21H25NO6. The molecule has 1 saturated heterocycles. The minimum Gasteiger partial charge on any atom is -0.497 e. The second-order valence-corrected chi connectivity index (χ2v) is 7.70. The minimum absolute atomic E-state index is 0.0136. The van der Waals surface area contributed by atoms with Crippen molar-refractivity contribution in [2.75, 3.05) is 14.2 Å². The van der Waals surface area contributed by atoms with E-state index in [2.05, 4.69) is 0 Å². The molecule has 0 bridgehead atoms. The summed E-state index contributed by atoms with van der Waals surface area (Å²) < 4.78 is 16.6. The van der Waals surface area contributed by atoms with E-state index in [1.807, 2.05) is 24.3 Å². The summed E-state index contributed by atoms with van der Waals surface area (Å²) in [5.41, 5.74) is -0.869. The fraction of sp³-hybridized carbons (Fsp3) is 0.524. The number of aliphatic hydroxyl groups is 1. The van der Waals surface area contributed by atoms with Crippen LogP contribution in [0, 0.1) is 0 Å². The molecule has 28 heavy (non-hydrogen) atoms. The van der Waals surface area contributed by atoms with Crippen molar-refractivity contribution in [2.24, 2.45) is 0 Å². The third-order valence-corrected chi connectivity index (χ3v) is 6.50. The van der Waals surface area contributed by atoms with E-state index in [4.69, 9.17) is 14.2 Å². The molecule has 2 aliphatic heterocycles. The Kier molecular flexibility index (Phi) is 4.38. The van der Waals surface area contributed by atoms with Gasteiger partial charge in [-0.3, -0.25) is 4.79 Å². The summed E-state index contributed by atoms with van der Waals surface area (Å²) in [6, 6.07) is 7.52. The van der Waals surface area contributed by atoms with Gasteiger partial charge in [-0.15, -0.1) is 0 Å². The van der Waals surface area contributed by atoms with Crippen LogP contribution in [0.2, 0.25) is 0 Å². The van der Waals surface area contributed by atoms with E-state index in [0.717, 1.165) is 11.3 Å². The van der Waals surface area contributed by atoms with Gasteiger partial charge in [0.2, 0.25) is 11.5 Å². The quantitative estimate of drug-likeness (QED) is 0.795. The number of hydrogen-bond donors (Lipinski definition) is 1. The van der Waals surface area contributed by atoms with Crippen LogP contribution in [0.4, 0.5) is 0 Å². The van der Waals surface area contributed by atoms with Gasteiger partial charge in [-0.05, 0) is 43.9 Å². The number of fused-ring (bicyclic) bond motifs is 1. The molecule has 2 heterocycles. The summed E-state index contributed by atoms with van der Waals surface area (Å²) in [6.07, 6.45) is 0.904. The lowest BCUT2D eigenvalue weighted by Crippen LogP contribution is -2.63. The molecular weight excluding hydrogens is 362 g/mol. The van der Waals surface area contributed by atoms with Crippen molar-refractivity contribution in [3.8, 4) is 5.75 Å². The molecule has 1 amide bonds. The van der Waals surface area contributed by atoms with E-state index >= 15 is 0 Å². The van der Waals surface area contributed by atoms with Crippen molar-refractivity contribution in [3.63, 3.8) is 0 Å². The van der Waals surface area contributed by atoms with Crippen LogP contribution in [-0.2, 0) is 25.6 Å². The number of esters is 1. The molecule has 1 N–H and O–H groups in total. The first kappa shape index (κ1) is 18.8. The number of carbonyl (C=O) groups excluding carboxylic acids is 2. The zero-order valence-corrected chi connectivity index (χ0v) is 16.4. The number of hydrogen-bond acceptors (Lipinski definition) is 6. The number of benzene rings is 1. The number of methoxy groups -OCH3 is 2. The molecule has 7 heteroatoms. The van der Waals surface area contributed by atoms with Gasteiger partial charge >= 0.3 is 5.97 Å². The second-order valence-electron chi connectivity index (χ2n) is 7.70. The van der Waals surface area contributed by atoms with Gasteiger partial charge in [0.1, 0.15) is 11.9 Å². The normalized spacial score (nSPS) is 32.0. The lowest BCUT2D eigenvalue weighted by atomic mass is 9.77. The van der Waals surface area contributed by atoms with E-state index in [0.29, 0.717) is 43.6 Å². The molecule has 1 aromatic carbocycles. The average molecular weight is 387 g/mol. The van der Waals surface area contributed by atoms with Crippen molar-refractivity contribution >= 4 is 11.9 Å². The average Bonchev–Trinajstić information content (AvgIpc) is 3.26. The van der Waals surface area contributed by atoms with Crippen molar-refractivity contribution in [3.05, 3.63) is 41.2 Å². The maximum absolute atomic E-state index is 12.9. The maximum Gasteiger partial charge on any atom is 0.338 e. The van der Waals surface area contributed by atoms with Gasteiger partial charge in [0, 0.05) is 13.0 Å². The highest BCUT2D eigenvalue weighted by Crippen LogP contribution is 2.58. The van der Waals surface area contributed by atoms with E-state index < -0.39 is 23.2 Å². The van der Waals surface area contributed by atoms with Crippen LogP contribution in [0.25, 0.3) is 0 Å². The van der Waals surface area contributed by atoms with E-state index in [1.165, 1.54) is 7.11 Å². The molecule has 150 valence electrons. The van der Waals surface area contributed by atoms with Gasteiger partial charge in [-0.2, -0.15) is 0 Å². The van der Waals surface area contributed by atoms with E-state index in [-0.39, 0.29) is 5.91 Å². The predicted molar refractivity (Wildman–Crippen MR) is 99.3 cm³/mol. The van der Waals surface area contributed by atoms with Crippen LogP contribution in [0.1, 0.15) is 38.2 Å². The first-order valence-electron chi connectivity index (χ1n) is 9.50. The monoisotopic (exact) mass is 387 g/mol. The smallest absolute Gasteiger partial charge is 0.338 e. The molecule has 7 nitrogen and oxygen atoms in total. The summed E-state index contributed by atoms with van der Waals surface area (Å²) in [6.45, 7) is 2.00. The number of nitrogens with zero attached hydrogens (tertiary/aromatic N) is 1. The van der Waals surface area contributed by atoms with Crippen LogP contribution >= 0.6 is 0 Å². The summed E-state index contributed by atoms with van der Waals surface area (Å²) in [5, 5.41) is 10.9. The molecule has 1 saturated carbocycles. The van der Waals surface area contributed by atoms with Crippen LogP contribution in [0.15, 0.2) is 35.6 Å². The molecule has 2 spiro atoms. The zero-order valence-electron chi connectivity index (χ0n) is 16.4. The fourth-order valence-electron chi connectivity index (χ4n) is 5.17. The number of likely N-dealkylation sites (tertiary alicyclic amines) is 1. The van der Waals surface area contributed by atoms with Gasteiger partial charge in [0.15, 0.2) is 5.76 Å². The Labute approximate surface area is 163 Å². The molecule has 3 aliphatic rings. The Morgan fingerprint density at radius 1 is 1.18 bits per heavy atom. The van der Waals surface area contributed by atoms with Crippen molar-refractivity contribution in [1.29, 1.82) is 0 Å². The van der Waals surface area contributed by atoms with Gasteiger partial charge in [0.05, 0.1) is 25.3 Å². The maximum atomic E-state index is 12.9. The van der Waals surface area contributed by atoms with Crippen LogP contribution in [0.5, 0.6) is 5.75 Å². The lowest BCUT2D eigenvalue weighted by molar-refractivity contribution is -0.178. The van der Waals surface area contributed by atoms with Gasteiger partial charge < -0.3 is 24.2 Å². The van der Waals surface area contributed by atoms with Gasteiger partial charge in [0.25, 0.3) is 0 Å². The van der Waals surface area contributed by atoms with Gasteiger partial charge in [-0.1, -0.05) is 12.1 Å². The van der Waals surface area contributed by atoms with Crippen molar-refractivity contribution in [2.45, 2.75) is 56.4 Å². The standard InChI is InChI=1S/C21H25NO6/c1-13-18(27-3)21(28-19(13)25)16(23)8-10-20(21)11-9-17(24)22(20)12-14-4-6-15(26-2)7-5-14/h4-7,16,23H,8-12H2,1-3H3. The topological polar surface area (TPSA) is 85.3 Å². The Morgan fingerprint density at radius 2 is 1.89 bits per heavy atom. The molecule has 1 aromatic rings. The minimum atomic E-state index is -1.35. The third kappa shape index (κ3) is 2.32. The zero-order chi connectivity index (χ0) is 20.1. The number of aliphatic hydroxyl groups excluding tert-OH is 1. The summed E-state index contributed by atoms with van der Waals surface area (Å²) in [7, 11) is 3.08. The number of ether oxygens (including phenoxy) is 3. The SMILES string of the molecule is COC1=C(C)C(=O)OC12C(O)CCC21CCC(=O)N1Cc1ccc(OC)cc1. The van der Waals surface area contributed by atoms with E-state index in [9.17, 15) is 14.7 Å². The Bertz CT molecular complexity index is 847. The molecule has 1 aliphatic carbocycles. The van der Waals surface area contributed by atoms with Crippen molar-refractivity contribution < 1.29 is 28.9 Å². The predicted octanol–water partition coefficient (Wildman–Crippen LogP) is 1.93. The largest absolute Gasteiger partial charge is 0.497 e. The highest BCUT2D eigenvalue weighted by atomic mass is 16.6. The number of rotatable bonds is 4. The molecule has 0 aromatic heterocycles.